The van der Waals surface area contributed by atoms with Gasteiger partial charge in [0.1, 0.15) is 0 Å². The van der Waals surface area contributed by atoms with Crippen LogP contribution in [0.2, 0.25) is 0 Å². The molecular weight excluding hydrogens is 549 g/mol. The van der Waals surface area contributed by atoms with Crippen LogP contribution in [0.15, 0.2) is 32.6 Å². The van der Waals surface area contributed by atoms with Crippen molar-refractivity contribution in [2.24, 2.45) is 5.92 Å². The Labute approximate surface area is 213 Å². The van der Waals surface area contributed by atoms with Crippen LogP contribution in [0.3, 0.4) is 0 Å². The van der Waals surface area contributed by atoms with Crippen LogP contribution < -0.4 is 10.9 Å². The van der Waals surface area contributed by atoms with Crippen molar-refractivity contribution in [3.63, 3.8) is 0 Å². The van der Waals surface area contributed by atoms with E-state index in [1.54, 1.807) is 14.0 Å². The third-order valence-electron chi connectivity index (χ3n) is 6.79. The van der Waals surface area contributed by atoms with Crippen LogP contribution >= 0.6 is 28.6 Å². The zero-order valence-electron chi connectivity index (χ0n) is 19.0. The first kappa shape index (κ1) is 25.7. The fourth-order valence-electron chi connectivity index (χ4n) is 4.94. The highest BCUT2D eigenvalue weighted by Gasteiger charge is 2.37. The van der Waals surface area contributed by atoms with Crippen LogP contribution in [-0.4, -0.2) is 39.4 Å². The topological polar surface area (TPSA) is 84.3 Å². The molecule has 12 heteroatoms. The average molecular weight is 573 g/mol. The third kappa shape index (κ3) is 4.87. The molecule has 1 aromatic heterocycles. The van der Waals surface area contributed by atoms with Gasteiger partial charge in [-0.2, -0.15) is 13.2 Å². The fraction of sp³-hybridized carbons (Fsp3) is 0.478. The largest absolute Gasteiger partial charge is 0.417 e. The smallest absolute Gasteiger partial charge is 0.359 e. The molecule has 1 fully saturated rings. The Bertz CT molecular complexity index is 1250. The van der Waals surface area contributed by atoms with E-state index in [2.05, 4.69) is 38.9 Å². The predicted molar refractivity (Wildman–Crippen MR) is 128 cm³/mol. The maximum Gasteiger partial charge on any atom is 0.417 e. The lowest BCUT2D eigenvalue weighted by molar-refractivity contribution is -0.138. The number of aromatic nitrogens is 2. The summed E-state index contributed by atoms with van der Waals surface area (Å²) in [6.07, 6.45) is -2.57. The molecule has 0 bridgehead atoms. The number of thiol groups is 1. The first-order valence-corrected chi connectivity index (χ1v) is 12.4. The van der Waals surface area contributed by atoms with Gasteiger partial charge in [0.05, 0.1) is 17.8 Å². The van der Waals surface area contributed by atoms with E-state index in [0.29, 0.717) is 30.5 Å². The summed E-state index contributed by atoms with van der Waals surface area (Å²) in [4.78, 5) is 44.5. The van der Waals surface area contributed by atoms with E-state index >= 15 is 0 Å². The Hall–Kier alpha value is -2.34. The summed E-state index contributed by atoms with van der Waals surface area (Å²) < 4.78 is 41.3. The predicted octanol–water partition coefficient (Wildman–Crippen LogP) is 3.99. The summed E-state index contributed by atoms with van der Waals surface area (Å²) in [6.45, 7) is 1.74. The zero-order valence-corrected chi connectivity index (χ0v) is 21.5. The molecule has 35 heavy (non-hydrogen) atoms. The number of hydrogen-bond acceptors (Lipinski definition) is 5. The van der Waals surface area contributed by atoms with E-state index < -0.39 is 23.7 Å². The number of amides is 2. The van der Waals surface area contributed by atoms with Crippen LogP contribution in [0.1, 0.15) is 59.4 Å². The quantitative estimate of drug-likeness (QED) is 0.430. The number of carbonyl (C=O) groups is 2. The van der Waals surface area contributed by atoms with E-state index in [4.69, 9.17) is 0 Å². The second kappa shape index (κ2) is 9.61. The Morgan fingerprint density at radius 3 is 2.63 bits per heavy atom. The van der Waals surface area contributed by atoms with Crippen molar-refractivity contribution in [2.75, 3.05) is 7.05 Å². The molecule has 2 amide bonds. The van der Waals surface area contributed by atoms with E-state index in [1.807, 2.05) is 0 Å². The second-order valence-electron chi connectivity index (χ2n) is 8.97. The van der Waals surface area contributed by atoms with Gasteiger partial charge in [0.25, 0.3) is 11.5 Å². The molecule has 4 rings (SSSR count). The second-order valence-corrected chi connectivity index (χ2v) is 10.2. The maximum absolute atomic E-state index is 13.4. The van der Waals surface area contributed by atoms with Gasteiger partial charge in [0.2, 0.25) is 5.91 Å². The molecule has 2 aromatic rings. The molecule has 0 saturated heterocycles. The monoisotopic (exact) mass is 572 g/mol. The van der Waals surface area contributed by atoms with E-state index in [0.717, 1.165) is 6.07 Å². The summed E-state index contributed by atoms with van der Waals surface area (Å²) in [5.74, 6) is -0.811. The first-order valence-electron chi connectivity index (χ1n) is 11.1. The van der Waals surface area contributed by atoms with Crippen LogP contribution in [0.25, 0.3) is 0 Å². The lowest BCUT2D eigenvalue weighted by Crippen LogP contribution is -2.46. The number of benzene rings is 1. The zero-order chi connectivity index (χ0) is 25.7. The number of alkyl halides is 3. The molecule has 7 nitrogen and oxygen atoms in total. The van der Waals surface area contributed by atoms with Crippen LogP contribution in [-0.2, 0) is 23.9 Å². The number of nitrogens with zero attached hydrogens (tertiary/aromatic N) is 3. The van der Waals surface area contributed by atoms with Gasteiger partial charge in [0.15, 0.2) is 5.16 Å². The van der Waals surface area contributed by atoms with Crippen molar-refractivity contribution < 1.29 is 22.8 Å². The SMILES string of the molecule is CNC(=O)[C@H]1CC[C@H](n2c(S)nc3c(c2=O)C[C@@H](C)N(C(=O)c2ccc(Br)c(C(F)(F)F)c2)C3)C1. The molecule has 188 valence electrons. The fourth-order valence-corrected chi connectivity index (χ4v) is 5.78. The molecule has 0 radical (unpaired) electrons. The van der Waals surface area contributed by atoms with Crippen LogP contribution in [0.4, 0.5) is 13.2 Å². The molecule has 2 heterocycles. The van der Waals surface area contributed by atoms with Crippen LogP contribution in [0, 0.1) is 5.92 Å². The normalized spacial score (nSPS) is 22.1. The standard InChI is InChI=1S/C23H24BrF3N4O3S/c1-11-7-15-18(10-30(11)20(33)13-4-6-17(24)16(9-13)23(25,26)27)29-22(35)31(21(15)34)14-5-3-12(8-14)19(32)28-2/h4,6,9,11-12,14H,3,5,7-8,10H2,1-2H3,(H,28,32)(H,29,35)/t11-,12+,14+/m1/s1. The van der Waals surface area contributed by atoms with Gasteiger partial charge in [-0.25, -0.2) is 4.98 Å². The van der Waals surface area contributed by atoms with Gasteiger partial charge in [0, 0.05) is 40.6 Å². The van der Waals surface area contributed by atoms with Crippen molar-refractivity contribution in [3.05, 3.63) is 55.4 Å². The maximum atomic E-state index is 13.4. The molecule has 1 saturated carbocycles. The summed E-state index contributed by atoms with van der Waals surface area (Å²) in [5, 5.41) is 2.84. The molecule has 2 aliphatic rings. The number of halogens is 4. The third-order valence-corrected chi connectivity index (χ3v) is 7.80. The molecule has 1 aromatic carbocycles. The Morgan fingerprint density at radius 1 is 1.26 bits per heavy atom. The summed E-state index contributed by atoms with van der Waals surface area (Å²) in [7, 11) is 1.58. The van der Waals surface area contributed by atoms with Crippen molar-refractivity contribution in [2.45, 2.75) is 62.6 Å². The number of carbonyl (C=O) groups excluding carboxylic acids is 2. The highest BCUT2D eigenvalue weighted by molar-refractivity contribution is 9.10. The van der Waals surface area contributed by atoms with E-state index in [-0.39, 0.29) is 51.6 Å². The van der Waals surface area contributed by atoms with Gasteiger partial charge in [-0.15, -0.1) is 12.6 Å². The van der Waals surface area contributed by atoms with Crippen molar-refractivity contribution in [3.8, 4) is 0 Å². The van der Waals surface area contributed by atoms with Gasteiger partial charge in [-0.1, -0.05) is 15.9 Å². The highest BCUT2D eigenvalue weighted by Crippen LogP contribution is 2.37. The molecular formula is C23H24BrF3N4O3S. The molecule has 0 unspecified atom stereocenters. The molecule has 3 atom stereocenters. The van der Waals surface area contributed by atoms with E-state index in [1.165, 1.54) is 21.6 Å². The number of nitrogens with one attached hydrogen (secondary N) is 1. The first-order chi connectivity index (χ1) is 16.4. The lowest BCUT2D eigenvalue weighted by atomic mass is 9.98. The average Bonchev–Trinajstić information content (AvgIpc) is 3.27. The van der Waals surface area contributed by atoms with Gasteiger partial charge >= 0.3 is 6.18 Å². The molecule has 1 aliphatic carbocycles. The number of rotatable bonds is 3. The number of hydrogen-bond donors (Lipinski definition) is 2. The molecule has 1 N–H and O–H groups in total. The minimum Gasteiger partial charge on any atom is -0.359 e. The Kier molecular flexibility index (Phi) is 7.07. The number of fused-ring (bicyclic) bond motifs is 1. The van der Waals surface area contributed by atoms with Crippen LogP contribution in [0.5, 0.6) is 0 Å². The summed E-state index contributed by atoms with van der Waals surface area (Å²) in [6, 6.07) is 2.74. The Balaban J connectivity index is 1.62. The minimum absolute atomic E-state index is 0.0120. The van der Waals surface area contributed by atoms with E-state index in [9.17, 15) is 27.6 Å². The Morgan fingerprint density at radius 2 is 1.97 bits per heavy atom. The minimum atomic E-state index is -4.61. The lowest BCUT2D eigenvalue weighted by Gasteiger charge is -2.35. The summed E-state index contributed by atoms with van der Waals surface area (Å²) >= 11 is 7.32. The van der Waals surface area contributed by atoms with Gasteiger partial charge in [-0.3, -0.25) is 19.0 Å². The highest BCUT2D eigenvalue weighted by atomic mass is 79.9. The molecule has 1 aliphatic heterocycles. The van der Waals surface area contributed by atoms with Crippen molar-refractivity contribution in [1.82, 2.24) is 19.8 Å². The summed E-state index contributed by atoms with van der Waals surface area (Å²) in [5.41, 5.74) is -0.420. The molecule has 0 spiro atoms. The van der Waals surface area contributed by atoms with Gasteiger partial charge < -0.3 is 10.2 Å². The van der Waals surface area contributed by atoms with Crippen molar-refractivity contribution in [1.29, 1.82) is 0 Å². The van der Waals surface area contributed by atoms with Gasteiger partial charge in [-0.05, 0) is 50.8 Å². The van der Waals surface area contributed by atoms with Crippen molar-refractivity contribution >= 4 is 40.4 Å².